The molecule has 0 aromatic carbocycles. The van der Waals surface area contributed by atoms with E-state index in [9.17, 15) is 0 Å². The molecular formula is C21H25N7O. The quantitative estimate of drug-likeness (QED) is 0.657. The van der Waals surface area contributed by atoms with Gasteiger partial charge in [-0.05, 0) is 38.7 Å². The fourth-order valence-corrected chi connectivity index (χ4v) is 4.28. The van der Waals surface area contributed by atoms with Gasteiger partial charge in [0.15, 0.2) is 0 Å². The Morgan fingerprint density at radius 2 is 1.86 bits per heavy atom. The molecule has 0 amide bonds. The van der Waals surface area contributed by atoms with E-state index in [1.807, 2.05) is 31.5 Å². The van der Waals surface area contributed by atoms with E-state index in [4.69, 9.17) is 9.72 Å². The lowest BCUT2D eigenvalue weighted by Gasteiger charge is -2.40. The van der Waals surface area contributed by atoms with Crippen molar-refractivity contribution in [3.05, 3.63) is 36.7 Å². The Morgan fingerprint density at radius 3 is 2.62 bits per heavy atom. The van der Waals surface area contributed by atoms with Gasteiger partial charge in [-0.1, -0.05) is 0 Å². The predicted octanol–water partition coefficient (Wildman–Crippen LogP) is 2.77. The van der Waals surface area contributed by atoms with Crippen molar-refractivity contribution in [2.24, 2.45) is 0 Å². The van der Waals surface area contributed by atoms with Crippen molar-refractivity contribution in [3.8, 4) is 5.88 Å². The second-order valence-corrected chi connectivity index (χ2v) is 7.76. The minimum Gasteiger partial charge on any atom is -0.481 e. The number of piperidine rings is 1. The van der Waals surface area contributed by atoms with Gasteiger partial charge in [-0.15, -0.1) is 0 Å². The lowest BCUT2D eigenvalue weighted by Crippen LogP contribution is -2.46. The van der Waals surface area contributed by atoms with Gasteiger partial charge >= 0.3 is 0 Å². The number of aryl methyl sites for hydroxylation is 1. The largest absolute Gasteiger partial charge is 0.481 e. The van der Waals surface area contributed by atoms with E-state index >= 15 is 0 Å². The number of methoxy groups -OCH3 is 1. The highest BCUT2D eigenvalue weighted by atomic mass is 16.5. The summed E-state index contributed by atoms with van der Waals surface area (Å²) in [5.41, 5.74) is 0.907. The molecule has 4 heterocycles. The molecule has 0 spiro atoms. The Balaban J connectivity index is 1.37. The molecule has 0 N–H and O–H groups in total. The molecule has 2 aliphatic rings. The molecule has 1 saturated heterocycles. The Hall–Kier alpha value is -3.03. The van der Waals surface area contributed by atoms with Crippen molar-refractivity contribution in [2.75, 3.05) is 30.0 Å². The van der Waals surface area contributed by atoms with Crippen LogP contribution >= 0.6 is 0 Å². The molecule has 5 rings (SSSR count). The molecule has 150 valence electrons. The molecular weight excluding hydrogens is 366 g/mol. The second-order valence-electron chi connectivity index (χ2n) is 7.76. The van der Waals surface area contributed by atoms with Crippen LogP contribution in [0.4, 0.5) is 11.6 Å². The van der Waals surface area contributed by atoms with Crippen molar-refractivity contribution in [1.82, 2.24) is 24.9 Å². The van der Waals surface area contributed by atoms with Gasteiger partial charge in [-0.2, -0.15) is 0 Å². The van der Waals surface area contributed by atoms with Crippen LogP contribution in [0.25, 0.3) is 10.9 Å². The number of rotatable bonds is 5. The van der Waals surface area contributed by atoms with Crippen LogP contribution in [-0.4, -0.2) is 57.2 Å². The lowest BCUT2D eigenvalue weighted by molar-refractivity contribution is 0.395. The first-order chi connectivity index (χ1) is 14.2. The molecule has 1 aliphatic heterocycles. The van der Waals surface area contributed by atoms with E-state index < -0.39 is 0 Å². The van der Waals surface area contributed by atoms with Crippen LogP contribution in [-0.2, 0) is 0 Å². The summed E-state index contributed by atoms with van der Waals surface area (Å²) in [5, 5.41) is 1.07. The zero-order chi connectivity index (χ0) is 19.8. The highest BCUT2D eigenvalue weighted by Crippen LogP contribution is 2.36. The average Bonchev–Trinajstić information content (AvgIpc) is 3.59. The highest BCUT2D eigenvalue weighted by Gasteiger charge is 2.37. The maximum atomic E-state index is 5.31. The average molecular weight is 391 g/mol. The van der Waals surface area contributed by atoms with Crippen LogP contribution in [0.3, 0.4) is 0 Å². The summed E-state index contributed by atoms with van der Waals surface area (Å²) in [7, 11) is 1.65. The third kappa shape index (κ3) is 3.54. The fraction of sp³-hybridized carbons (Fsp3) is 0.476. The van der Waals surface area contributed by atoms with Gasteiger partial charge in [0.05, 0.1) is 18.8 Å². The first-order valence-electron chi connectivity index (χ1n) is 10.2. The molecule has 0 radical (unpaired) electrons. The Bertz CT molecular complexity index is 1010. The fourth-order valence-electron chi connectivity index (χ4n) is 4.28. The molecule has 1 aliphatic carbocycles. The van der Waals surface area contributed by atoms with Crippen LogP contribution in [0.15, 0.2) is 30.9 Å². The van der Waals surface area contributed by atoms with E-state index in [2.05, 4.69) is 29.7 Å². The normalized spacial score (nSPS) is 17.5. The van der Waals surface area contributed by atoms with Crippen molar-refractivity contribution in [3.63, 3.8) is 0 Å². The van der Waals surface area contributed by atoms with Crippen LogP contribution in [0.1, 0.15) is 31.5 Å². The lowest BCUT2D eigenvalue weighted by atomic mass is 10.0. The summed E-state index contributed by atoms with van der Waals surface area (Å²) < 4.78 is 5.31. The number of hydrogen-bond acceptors (Lipinski definition) is 8. The van der Waals surface area contributed by atoms with E-state index in [0.717, 1.165) is 54.3 Å². The van der Waals surface area contributed by atoms with Crippen molar-refractivity contribution in [2.45, 2.75) is 44.7 Å². The van der Waals surface area contributed by atoms with Crippen LogP contribution in [0.5, 0.6) is 5.88 Å². The number of anilines is 2. The van der Waals surface area contributed by atoms with Gasteiger partial charge in [-0.25, -0.2) is 19.9 Å². The minimum atomic E-state index is 0.467. The molecule has 3 aromatic rings. The van der Waals surface area contributed by atoms with Gasteiger partial charge in [0.1, 0.15) is 23.8 Å². The van der Waals surface area contributed by atoms with Gasteiger partial charge in [0.2, 0.25) is 5.88 Å². The monoisotopic (exact) mass is 391 g/mol. The van der Waals surface area contributed by atoms with Gasteiger partial charge in [0, 0.05) is 42.8 Å². The molecule has 0 unspecified atom stereocenters. The van der Waals surface area contributed by atoms with Crippen molar-refractivity contribution >= 4 is 22.5 Å². The minimum absolute atomic E-state index is 0.467. The molecule has 8 nitrogen and oxygen atoms in total. The molecule has 29 heavy (non-hydrogen) atoms. The first-order valence-corrected chi connectivity index (χ1v) is 10.2. The number of ether oxygens (including phenoxy) is 1. The molecule has 1 saturated carbocycles. The topological polar surface area (TPSA) is 80.2 Å². The third-order valence-electron chi connectivity index (χ3n) is 5.79. The zero-order valence-corrected chi connectivity index (χ0v) is 16.8. The van der Waals surface area contributed by atoms with Gasteiger partial charge < -0.3 is 14.5 Å². The summed E-state index contributed by atoms with van der Waals surface area (Å²) >= 11 is 0. The SMILES string of the molecule is COc1cc(N(C2CC2)C2CCN(c3nc(C)nc4cnccc34)CC2)ncn1. The van der Waals surface area contributed by atoms with Gasteiger partial charge in [-0.3, -0.25) is 4.98 Å². The summed E-state index contributed by atoms with van der Waals surface area (Å²) in [6.07, 6.45) is 9.83. The van der Waals surface area contributed by atoms with Crippen LogP contribution in [0.2, 0.25) is 0 Å². The Labute approximate surface area is 170 Å². The van der Waals surface area contributed by atoms with E-state index in [-0.39, 0.29) is 0 Å². The third-order valence-corrected chi connectivity index (χ3v) is 5.79. The highest BCUT2D eigenvalue weighted by molar-refractivity contribution is 5.88. The number of hydrogen-bond donors (Lipinski definition) is 0. The van der Waals surface area contributed by atoms with E-state index in [1.54, 1.807) is 13.4 Å². The number of nitrogens with zero attached hydrogens (tertiary/aromatic N) is 7. The summed E-state index contributed by atoms with van der Waals surface area (Å²) in [5.74, 6) is 3.41. The smallest absolute Gasteiger partial charge is 0.218 e. The van der Waals surface area contributed by atoms with Gasteiger partial charge in [0.25, 0.3) is 0 Å². The van der Waals surface area contributed by atoms with E-state index in [1.165, 1.54) is 12.8 Å². The van der Waals surface area contributed by atoms with Crippen molar-refractivity contribution in [1.29, 1.82) is 0 Å². The molecule has 8 heteroatoms. The number of pyridine rings is 1. The standard InChI is InChI=1S/C21H25N7O/c1-14-25-18-12-22-8-5-17(18)21(26-14)27-9-6-16(7-10-27)28(15-3-4-15)19-11-20(29-2)24-13-23-19/h5,8,11-13,15-16H,3-4,6-7,9-10H2,1-2H3. The molecule has 0 bridgehead atoms. The maximum absolute atomic E-state index is 5.31. The van der Waals surface area contributed by atoms with E-state index in [0.29, 0.717) is 18.0 Å². The van der Waals surface area contributed by atoms with Crippen molar-refractivity contribution < 1.29 is 4.74 Å². The molecule has 0 atom stereocenters. The predicted molar refractivity (Wildman–Crippen MR) is 111 cm³/mol. The number of aromatic nitrogens is 5. The summed E-state index contributed by atoms with van der Waals surface area (Å²) in [6.45, 7) is 3.87. The Kier molecular flexibility index (Phi) is 4.61. The second kappa shape index (κ2) is 7.42. The van der Waals surface area contributed by atoms with Crippen LogP contribution < -0.4 is 14.5 Å². The first kappa shape index (κ1) is 18.0. The molecule has 3 aromatic heterocycles. The molecule has 2 fully saturated rings. The summed E-state index contributed by atoms with van der Waals surface area (Å²) in [6, 6.07) is 5.02. The summed E-state index contributed by atoms with van der Waals surface area (Å²) in [4.78, 5) is 27.1. The van der Waals surface area contributed by atoms with Crippen LogP contribution in [0, 0.1) is 6.92 Å². The number of fused-ring (bicyclic) bond motifs is 1. The maximum Gasteiger partial charge on any atom is 0.218 e. The zero-order valence-electron chi connectivity index (χ0n) is 16.8. The Morgan fingerprint density at radius 1 is 1.07 bits per heavy atom.